The Hall–Kier alpha value is -3.55. The van der Waals surface area contributed by atoms with Crippen LogP contribution in [0.2, 0.25) is 0 Å². The van der Waals surface area contributed by atoms with Gasteiger partial charge in [-0.25, -0.2) is 14.4 Å². The largest absolute Gasteiger partial charge is 0.496 e. The van der Waals surface area contributed by atoms with Gasteiger partial charge in [-0.2, -0.15) is 0 Å². The Labute approximate surface area is 174 Å². The van der Waals surface area contributed by atoms with Crippen LogP contribution < -0.4 is 15.4 Å². The Morgan fingerprint density at radius 1 is 1.03 bits per heavy atom. The summed E-state index contributed by atoms with van der Waals surface area (Å²) in [4.78, 5) is 37.2. The van der Waals surface area contributed by atoms with Crippen molar-refractivity contribution in [1.29, 1.82) is 0 Å². The first-order valence-electron chi connectivity index (χ1n) is 9.70. The molecule has 3 rings (SSSR count). The number of carbonyl (C=O) groups excluding carboxylic acids is 3. The Kier molecular flexibility index (Phi) is 6.56. The first-order valence-corrected chi connectivity index (χ1v) is 9.70. The fourth-order valence-corrected chi connectivity index (χ4v) is 3.34. The average molecular weight is 412 g/mol. The van der Waals surface area contributed by atoms with E-state index in [1.165, 1.54) is 7.11 Å². The van der Waals surface area contributed by atoms with Crippen molar-refractivity contribution in [1.82, 2.24) is 10.6 Å². The molecule has 0 bridgehead atoms. The number of nitrogens with one attached hydrogen (secondary N) is 2. The van der Waals surface area contributed by atoms with Gasteiger partial charge >= 0.3 is 18.0 Å². The van der Waals surface area contributed by atoms with Crippen LogP contribution in [0, 0.1) is 0 Å². The van der Waals surface area contributed by atoms with E-state index in [9.17, 15) is 14.4 Å². The summed E-state index contributed by atoms with van der Waals surface area (Å²) in [6.45, 7) is 3.43. The molecule has 0 aliphatic carbocycles. The van der Waals surface area contributed by atoms with Crippen LogP contribution in [0.5, 0.6) is 5.75 Å². The van der Waals surface area contributed by atoms with E-state index in [2.05, 4.69) is 10.6 Å². The van der Waals surface area contributed by atoms with Crippen LogP contribution in [0.15, 0.2) is 47.7 Å². The molecule has 1 atom stereocenters. The molecule has 0 spiro atoms. The molecule has 30 heavy (non-hydrogen) atoms. The zero-order chi connectivity index (χ0) is 21.7. The molecule has 0 aromatic heterocycles. The highest BCUT2D eigenvalue weighted by atomic mass is 16.5. The molecule has 2 N–H and O–H groups in total. The highest BCUT2D eigenvalue weighted by Crippen LogP contribution is 2.27. The second kappa shape index (κ2) is 9.30. The van der Waals surface area contributed by atoms with E-state index in [-0.39, 0.29) is 30.0 Å². The molecule has 0 unspecified atom stereocenters. The molecule has 1 heterocycles. The van der Waals surface area contributed by atoms with Gasteiger partial charge in [0.15, 0.2) is 0 Å². The lowest BCUT2D eigenvalue weighted by molar-refractivity contribution is -0.139. The van der Waals surface area contributed by atoms with Crippen molar-refractivity contribution >= 4 is 28.7 Å². The van der Waals surface area contributed by atoms with Gasteiger partial charge in [-0.15, -0.1) is 0 Å². The van der Waals surface area contributed by atoms with Crippen LogP contribution in [0.1, 0.15) is 30.6 Å². The standard InChI is InChI=1S/C22H24N2O6/c1-4-16-19(21(26)29-5-2)17(24-22(27)23-16)12-30-20(25)15-10-13-8-6-7-9-14(13)11-18(15)28-3/h6-11,16H,4-5,12H2,1-3H3,(H2,23,24,27)/t16-/m1/s1. The van der Waals surface area contributed by atoms with Crippen molar-refractivity contribution in [2.45, 2.75) is 26.3 Å². The van der Waals surface area contributed by atoms with Gasteiger partial charge < -0.3 is 24.8 Å². The normalized spacial score (nSPS) is 16.0. The molecule has 2 amide bonds. The number of carbonyl (C=O) groups is 3. The quantitative estimate of drug-likeness (QED) is 0.678. The summed E-state index contributed by atoms with van der Waals surface area (Å²) in [6.07, 6.45) is 0.484. The van der Waals surface area contributed by atoms with Gasteiger partial charge in [0, 0.05) is 0 Å². The SMILES string of the molecule is CCOC(=O)C1=C(COC(=O)c2cc3ccccc3cc2OC)NC(=O)N[C@@H]1CC. The maximum Gasteiger partial charge on any atom is 0.342 e. The topological polar surface area (TPSA) is 103 Å². The number of methoxy groups -OCH3 is 1. The second-order valence-electron chi connectivity index (χ2n) is 6.65. The Morgan fingerprint density at radius 2 is 1.73 bits per heavy atom. The van der Waals surface area contributed by atoms with Gasteiger partial charge in [-0.05, 0) is 36.2 Å². The fraction of sp³-hybridized carbons (Fsp3) is 0.318. The minimum absolute atomic E-state index is 0.189. The molecule has 8 nitrogen and oxygen atoms in total. The maximum absolute atomic E-state index is 12.8. The Morgan fingerprint density at radius 3 is 2.37 bits per heavy atom. The zero-order valence-electron chi connectivity index (χ0n) is 17.1. The predicted molar refractivity (Wildman–Crippen MR) is 110 cm³/mol. The molecular formula is C22H24N2O6. The lowest BCUT2D eigenvalue weighted by atomic mass is 10.0. The summed E-state index contributed by atoms with van der Waals surface area (Å²) in [5.74, 6) is -0.820. The molecule has 158 valence electrons. The van der Waals surface area contributed by atoms with Crippen LogP contribution in [0.3, 0.4) is 0 Å². The number of amides is 2. The molecule has 0 fully saturated rings. The van der Waals surface area contributed by atoms with E-state index in [0.29, 0.717) is 12.2 Å². The van der Waals surface area contributed by atoms with Crippen molar-refractivity contribution in [2.24, 2.45) is 0 Å². The number of esters is 2. The van der Waals surface area contributed by atoms with Crippen molar-refractivity contribution in [3.63, 3.8) is 0 Å². The minimum Gasteiger partial charge on any atom is -0.496 e. The molecule has 2 aromatic rings. The van der Waals surface area contributed by atoms with E-state index in [1.54, 1.807) is 19.1 Å². The Balaban J connectivity index is 1.88. The van der Waals surface area contributed by atoms with E-state index in [4.69, 9.17) is 14.2 Å². The lowest BCUT2D eigenvalue weighted by Crippen LogP contribution is -2.51. The first kappa shape index (κ1) is 21.2. The van der Waals surface area contributed by atoms with Gasteiger partial charge in [0.25, 0.3) is 0 Å². The summed E-state index contributed by atoms with van der Waals surface area (Å²) in [5, 5.41) is 7.01. The molecule has 0 radical (unpaired) electrons. The van der Waals surface area contributed by atoms with Gasteiger partial charge in [0.2, 0.25) is 0 Å². The fourth-order valence-electron chi connectivity index (χ4n) is 3.34. The van der Waals surface area contributed by atoms with Crippen LogP contribution in [-0.4, -0.2) is 44.3 Å². The monoisotopic (exact) mass is 412 g/mol. The summed E-state index contributed by atoms with van der Waals surface area (Å²) < 4.78 is 15.9. The highest BCUT2D eigenvalue weighted by molar-refractivity contribution is 5.99. The van der Waals surface area contributed by atoms with Crippen molar-refractivity contribution in [3.05, 3.63) is 53.2 Å². The van der Waals surface area contributed by atoms with Crippen LogP contribution in [0.4, 0.5) is 4.79 Å². The number of fused-ring (bicyclic) bond motifs is 1. The summed E-state index contributed by atoms with van der Waals surface area (Å²) in [6, 6.07) is 10.0. The van der Waals surface area contributed by atoms with E-state index >= 15 is 0 Å². The third-order valence-corrected chi connectivity index (χ3v) is 4.78. The van der Waals surface area contributed by atoms with Crippen LogP contribution in [-0.2, 0) is 14.3 Å². The molecule has 1 aliphatic rings. The number of ether oxygens (including phenoxy) is 3. The van der Waals surface area contributed by atoms with Crippen molar-refractivity contribution < 1.29 is 28.6 Å². The molecule has 8 heteroatoms. The summed E-state index contributed by atoms with van der Waals surface area (Å²) >= 11 is 0. The number of hydrogen-bond donors (Lipinski definition) is 2. The van der Waals surface area contributed by atoms with Crippen molar-refractivity contribution in [2.75, 3.05) is 20.3 Å². The van der Waals surface area contributed by atoms with E-state index in [0.717, 1.165) is 10.8 Å². The van der Waals surface area contributed by atoms with Gasteiger partial charge in [0.05, 0.1) is 31.0 Å². The molecule has 0 saturated carbocycles. The number of hydrogen-bond acceptors (Lipinski definition) is 6. The third-order valence-electron chi connectivity index (χ3n) is 4.78. The van der Waals surface area contributed by atoms with Crippen LogP contribution >= 0.6 is 0 Å². The van der Waals surface area contributed by atoms with E-state index < -0.39 is 24.0 Å². The maximum atomic E-state index is 12.8. The number of urea groups is 1. The molecule has 1 aliphatic heterocycles. The minimum atomic E-state index is -0.630. The van der Waals surface area contributed by atoms with Crippen LogP contribution in [0.25, 0.3) is 10.8 Å². The van der Waals surface area contributed by atoms with Gasteiger partial charge in [-0.1, -0.05) is 31.2 Å². The number of benzene rings is 2. The first-order chi connectivity index (χ1) is 14.5. The van der Waals surface area contributed by atoms with Gasteiger partial charge in [-0.3, -0.25) is 0 Å². The van der Waals surface area contributed by atoms with E-state index in [1.807, 2.05) is 31.2 Å². The van der Waals surface area contributed by atoms with Crippen molar-refractivity contribution in [3.8, 4) is 5.75 Å². The second-order valence-corrected chi connectivity index (χ2v) is 6.65. The molecule has 0 saturated heterocycles. The zero-order valence-corrected chi connectivity index (χ0v) is 17.1. The van der Waals surface area contributed by atoms with Gasteiger partial charge in [0.1, 0.15) is 17.9 Å². The summed E-state index contributed by atoms with van der Waals surface area (Å²) in [5.41, 5.74) is 0.705. The molecular weight excluding hydrogens is 388 g/mol. The third kappa shape index (κ3) is 4.37. The lowest BCUT2D eigenvalue weighted by Gasteiger charge is -2.28. The Bertz CT molecular complexity index is 1010. The highest BCUT2D eigenvalue weighted by Gasteiger charge is 2.32. The molecule has 2 aromatic carbocycles. The summed E-state index contributed by atoms with van der Waals surface area (Å²) in [7, 11) is 1.47. The average Bonchev–Trinajstić information content (AvgIpc) is 2.75. The smallest absolute Gasteiger partial charge is 0.342 e. The predicted octanol–water partition coefficient (Wildman–Crippen LogP) is 2.91. The number of rotatable bonds is 7.